The third-order valence-electron chi connectivity index (χ3n) is 2.55. The van der Waals surface area contributed by atoms with E-state index in [4.69, 9.17) is 9.84 Å². The average molecular weight is 255 g/mol. The number of nitrogens with one attached hydrogen (secondary N) is 1. The summed E-state index contributed by atoms with van der Waals surface area (Å²) >= 11 is 1.75. The topological polar surface area (TPSA) is 41.5 Å². The standard InChI is InChI=1S/C13H21NO2S/c1-11(14-7-9-16-10-8-15)12-3-5-13(17-2)6-4-12/h3-6,11,14-15H,7-10H2,1-2H3. The van der Waals surface area contributed by atoms with Crippen LogP contribution >= 0.6 is 11.8 Å². The molecule has 0 spiro atoms. The van der Waals surface area contributed by atoms with Gasteiger partial charge in [0, 0.05) is 17.5 Å². The summed E-state index contributed by atoms with van der Waals surface area (Å²) in [5.41, 5.74) is 1.28. The Morgan fingerprint density at radius 2 is 2.00 bits per heavy atom. The maximum Gasteiger partial charge on any atom is 0.0698 e. The molecule has 0 aromatic heterocycles. The van der Waals surface area contributed by atoms with E-state index in [2.05, 4.69) is 42.8 Å². The fourth-order valence-electron chi connectivity index (χ4n) is 1.52. The molecule has 2 N–H and O–H groups in total. The summed E-state index contributed by atoms with van der Waals surface area (Å²) in [6.45, 7) is 4.07. The Balaban J connectivity index is 2.28. The first-order chi connectivity index (χ1) is 8.27. The van der Waals surface area contributed by atoms with Gasteiger partial charge < -0.3 is 15.2 Å². The van der Waals surface area contributed by atoms with Crippen LogP contribution in [0, 0.1) is 0 Å². The molecule has 1 atom stereocenters. The predicted molar refractivity (Wildman–Crippen MR) is 72.5 cm³/mol. The molecule has 1 aromatic carbocycles. The van der Waals surface area contributed by atoms with Gasteiger partial charge in [-0.05, 0) is 30.9 Å². The van der Waals surface area contributed by atoms with Crippen LogP contribution in [-0.2, 0) is 4.74 Å². The minimum atomic E-state index is 0.0890. The van der Waals surface area contributed by atoms with Gasteiger partial charge in [-0.25, -0.2) is 0 Å². The molecule has 4 heteroatoms. The second-order valence-corrected chi connectivity index (χ2v) is 4.66. The molecule has 0 radical (unpaired) electrons. The lowest BCUT2D eigenvalue weighted by Gasteiger charge is -2.14. The van der Waals surface area contributed by atoms with Crippen molar-refractivity contribution in [2.24, 2.45) is 0 Å². The normalized spacial score (nSPS) is 12.6. The van der Waals surface area contributed by atoms with Gasteiger partial charge in [0.05, 0.1) is 19.8 Å². The van der Waals surface area contributed by atoms with Crippen LogP contribution in [0.25, 0.3) is 0 Å². The van der Waals surface area contributed by atoms with Crippen LogP contribution in [0.15, 0.2) is 29.2 Å². The summed E-state index contributed by atoms with van der Waals surface area (Å²) in [6.07, 6.45) is 2.08. The smallest absolute Gasteiger partial charge is 0.0698 e. The zero-order chi connectivity index (χ0) is 12.5. The van der Waals surface area contributed by atoms with Crippen LogP contribution in [0.2, 0.25) is 0 Å². The predicted octanol–water partition coefficient (Wildman–Crippen LogP) is 2.07. The minimum Gasteiger partial charge on any atom is -0.394 e. The van der Waals surface area contributed by atoms with E-state index in [0.29, 0.717) is 19.3 Å². The molecule has 96 valence electrons. The third-order valence-corrected chi connectivity index (χ3v) is 3.29. The number of ether oxygens (including phenoxy) is 1. The molecule has 0 aliphatic carbocycles. The molecular weight excluding hydrogens is 234 g/mol. The minimum absolute atomic E-state index is 0.0890. The van der Waals surface area contributed by atoms with Crippen molar-refractivity contribution in [3.63, 3.8) is 0 Å². The van der Waals surface area contributed by atoms with Crippen molar-refractivity contribution in [3.05, 3.63) is 29.8 Å². The van der Waals surface area contributed by atoms with Gasteiger partial charge in [-0.3, -0.25) is 0 Å². The van der Waals surface area contributed by atoms with Crippen LogP contribution < -0.4 is 5.32 Å². The van der Waals surface area contributed by atoms with E-state index in [1.807, 2.05) is 0 Å². The summed E-state index contributed by atoms with van der Waals surface area (Å²) in [7, 11) is 0. The van der Waals surface area contributed by atoms with Gasteiger partial charge in [-0.15, -0.1) is 11.8 Å². The fraction of sp³-hybridized carbons (Fsp3) is 0.538. The third kappa shape index (κ3) is 5.55. The molecule has 1 aromatic rings. The maximum absolute atomic E-state index is 8.55. The second kappa shape index (κ2) is 8.53. The van der Waals surface area contributed by atoms with E-state index in [1.165, 1.54) is 10.5 Å². The lowest BCUT2D eigenvalue weighted by atomic mass is 10.1. The molecule has 1 unspecified atom stereocenters. The van der Waals surface area contributed by atoms with Crippen molar-refractivity contribution in [1.82, 2.24) is 5.32 Å². The van der Waals surface area contributed by atoms with E-state index in [0.717, 1.165) is 6.54 Å². The van der Waals surface area contributed by atoms with Crippen molar-refractivity contribution in [2.75, 3.05) is 32.6 Å². The van der Waals surface area contributed by atoms with Gasteiger partial charge in [0.2, 0.25) is 0 Å². The van der Waals surface area contributed by atoms with Gasteiger partial charge >= 0.3 is 0 Å². The second-order valence-electron chi connectivity index (χ2n) is 3.78. The Morgan fingerprint density at radius 1 is 1.29 bits per heavy atom. The molecular formula is C13H21NO2S. The number of hydrogen-bond donors (Lipinski definition) is 2. The van der Waals surface area contributed by atoms with E-state index in [1.54, 1.807) is 11.8 Å². The van der Waals surface area contributed by atoms with E-state index < -0.39 is 0 Å². The molecule has 0 aliphatic heterocycles. The molecule has 3 nitrogen and oxygen atoms in total. The molecule has 0 aliphatic rings. The van der Waals surface area contributed by atoms with Crippen molar-refractivity contribution >= 4 is 11.8 Å². The number of aliphatic hydroxyl groups excluding tert-OH is 1. The lowest BCUT2D eigenvalue weighted by Crippen LogP contribution is -2.23. The maximum atomic E-state index is 8.55. The highest BCUT2D eigenvalue weighted by Crippen LogP contribution is 2.18. The van der Waals surface area contributed by atoms with E-state index in [9.17, 15) is 0 Å². The summed E-state index contributed by atoms with van der Waals surface area (Å²) in [5.74, 6) is 0. The molecule has 17 heavy (non-hydrogen) atoms. The van der Waals surface area contributed by atoms with Crippen LogP contribution in [-0.4, -0.2) is 37.7 Å². The first-order valence-corrected chi connectivity index (χ1v) is 7.06. The molecule has 0 heterocycles. The van der Waals surface area contributed by atoms with Gasteiger partial charge in [-0.2, -0.15) is 0 Å². The first kappa shape index (κ1) is 14.5. The average Bonchev–Trinajstić information content (AvgIpc) is 2.38. The largest absolute Gasteiger partial charge is 0.394 e. The van der Waals surface area contributed by atoms with Crippen LogP contribution in [0.3, 0.4) is 0 Å². The van der Waals surface area contributed by atoms with Gasteiger partial charge in [0.1, 0.15) is 0 Å². The summed E-state index contributed by atoms with van der Waals surface area (Å²) in [6, 6.07) is 8.90. The Hall–Kier alpha value is -0.550. The molecule has 0 saturated heterocycles. The highest BCUT2D eigenvalue weighted by Gasteiger charge is 2.03. The van der Waals surface area contributed by atoms with Crippen molar-refractivity contribution < 1.29 is 9.84 Å². The van der Waals surface area contributed by atoms with E-state index >= 15 is 0 Å². The lowest BCUT2D eigenvalue weighted by molar-refractivity contribution is 0.0928. The zero-order valence-electron chi connectivity index (χ0n) is 10.5. The first-order valence-electron chi connectivity index (χ1n) is 5.84. The fourth-order valence-corrected chi connectivity index (χ4v) is 1.93. The molecule has 1 rings (SSSR count). The quantitative estimate of drug-likeness (QED) is 0.551. The Morgan fingerprint density at radius 3 is 2.59 bits per heavy atom. The Bertz CT molecular complexity index is 303. The van der Waals surface area contributed by atoms with Crippen LogP contribution in [0.5, 0.6) is 0 Å². The monoisotopic (exact) mass is 255 g/mol. The number of rotatable bonds is 8. The van der Waals surface area contributed by atoms with E-state index in [-0.39, 0.29) is 6.61 Å². The van der Waals surface area contributed by atoms with Gasteiger partial charge in [-0.1, -0.05) is 12.1 Å². The molecule has 0 bridgehead atoms. The summed E-state index contributed by atoms with van der Waals surface area (Å²) < 4.78 is 5.19. The van der Waals surface area contributed by atoms with Gasteiger partial charge in [0.25, 0.3) is 0 Å². The van der Waals surface area contributed by atoms with Crippen LogP contribution in [0.1, 0.15) is 18.5 Å². The highest BCUT2D eigenvalue weighted by molar-refractivity contribution is 7.98. The number of thioether (sulfide) groups is 1. The molecule has 0 saturated carbocycles. The number of benzene rings is 1. The molecule has 0 fully saturated rings. The highest BCUT2D eigenvalue weighted by atomic mass is 32.2. The van der Waals surface area contributed by atoms with Gasteiger partial charge in [0.15, 0.2) is 0 Å². The van der Waals surface area contributed by atoms with Crippen molar-refractivity contribution in [1.29, 1.82) is 0 Å². The Labute approximate surface area is 108 Å². The van der Waals surface area contributed by atoms with Crippen molar-refractivity contribution in [2.45, 2.75) is 17.9 Å². The Kier molecular flexibility index (Phi) is 7.28. The number of hydrogen-bond acceptors (Lipinski definition) is 4. The number of aliphatic hydroxyl groups is 1. The van der Waals surface area contributed by atoms with Crippen molar-refractivity contribution in [3.8, 4) is 0 Å². The van der Waals surface area contributed by atoms with Crippen LogP contribution in [0.4, 0.5) is 0 Å². The zero-order valence-corrected chi connectivity index (χ0v) is 11.3. The summed E-state index contributed by atoms with van der Waals surface area (Å²) in [5, 5.41) is 11.9. The summed E-state index contributed by atoms with van der Waals surface area (Å²) in [4.78, 5) is 1.28. The SMILES string of the molecule is CSc1ccc(C(C)NCCOCCO)cc1. The molecule has 0 amide bonds.